The van der Waals surface area contributed by atoms with Gasteiger partial charge in [-0.2, -0.15) is 0 Å². The van der Waals surface area contributed by atoms with Crippen molar-refractivity contribution in [3.63, 3.8) is 0 Å². The van der Waals surface area contributed by atoms with Crippen molar-refractivity contribution < 1.29 is 9.59 Å². The zero-order valence-electron chi connectivity index (χ0n) is 12.8. The number of amides is 3. The van der Waals surface area contributed by atoms with Gasteiger partial charge in [0.2, 0.25) is 5.91 Å². The minimum atomic E-state index is -0.629. The van der Waals surface area contributed by atoms with Crippen LogP contribution in [0.2, 0.25) is 0 Å². The highest BCUT2D eigenvalue weighted by Gasteiger charge is 2.25. The molecule has 1 aromatic carbocycles. The van der Waals surface area contributed by atoms with E-state index in [9.17, 15) is 9.59 Å². The third-order valence-electron chi connectivity index (χ3n) is 3.31. The number of hydrogen-bond acceptors (Lipinski definition) is 5. The Morgan fingerprint density at radius 3 is 2.58 bits per heavy atom. The van der Waals surface area contributed by atoms with Crippen LogP contribution in [0.25, 0.3) is 5.65 Å². The highest BCUT2D eigenvalue weighted by atomic mass is 32.2. The van der Waals surface area contributed by atoms with Crippen LogP contribution in [0.1, 0.15) is 10.8 Å². The minimum absolute atomic E-state index is 0.418. The van der Waals surface area contributed by atoms with Crippen LogP contribution < -0.4 is 10.6 Å². The smallest absolute Gasteiger partial charge is 0.321 e. The van der Waals surface area contributed by atoms with Crippen molar-refractivity contribution in [1.29, 1.82) is 0 Å². The van der Waals surface area contributed by atoms with Crippen molar-refractivity contribution in [2.24, 2.45) is 0 Å². The number of rotatable bonds is 4. The van der Waals surface area contributed by atoms with Crippen LogP contribution in [0.15, 0.2) is 59.9 Å². The summed E-state index contributed by atoms with van der Waals surface area (Å²) in [4.78, 5) is 24.0. The van der Waals surface area contributed by atoms with Crippen LogP contribution in [0, 0.1) is 0 Å². The largest absolute Gasteiger partial charge is 0.341 e. The monoisotopic (exact) mass is 341 g/mol. The van der Waals surface area contributed by atoms with Crippen LogP contribution in [-0.4, -0.2) is 33.6 Å². The zero-order valence-corrected chi connectivity index (χ0v) is 13.7. The van der Waals surface area contributed by atoms with Gasteiger partial charge in [-0.15, -0.1) is 10.2 Å². The Labute approximate surface area is 142 Å². The Balaban J connectivity index is 1.93. The quantitative estimate of drug-likeness (QED) is 0.709. The summed E-state index contributed by atoms with van der Waals surface area (Å²) >= 11 is 1.24. The van der Waals surface area contributed by atoms with Crippen LogP contribution >= 0.6 is 11.8 Å². The molecule has 0 unspecified atom stereocenters. The maximum Gasteiger partial charge on any atom is 0.321 e. The van der Waals surface area contributed by atoms with Crippen LogP contribution in [-0.2, 0) is 4.79 Å². The third kappa shape index (κ3) is 3.38. The van der Waals surface area contributed by atoms with E-state index in [4.69, 9.17) is 0 Å². The van der Waals surface area contributed by atoms with Crippen LogP contribution in [0.3, 0.4) is 0 Å². The van der Waals surface area contributed by atoms with Crippen molar-refractivity contribution in [2.75, 3.05) is 7.05 Å². The van der Waals surface area contributed by atoms with Gasteiger partial charge in [-0.1, -0.05) is 48.2 Å². The van der Waals surface area contributed by atoms with Gasteiger partial charge in [0.05, 0.1) is 0 Å². The number of carbonyl (C=O) groups is 2. The number of hydrogen-bond donors (Lipinski definition) is 2. The summed E-state index contributed by atoms with van der Waals surface area (Å²) in [6.07, 6.45) is 1.83. The van der Waals surface area contributed by atoms with Crippen molar-refractivity contribution in [2.45, 2.75) is 10.4 Å². The fourth-order valence-electron chi connectivity index (χ4n) is 2.15. The van der Waals surface area contributed by atoms with E-state index in [-0.39, 0.29) is 0 Å². The zero-order chi connectivity index (χ0) is 16.9. The second kappa shape index (κ2) is 7.14. The van der Waals surface area contributed by atoms with Gasteiger partial charge in [0.1, 0.15) is 5.25 Å². The summed E-state index contributed by atoms with van der Waals surface area (Å²) in [5.41, 5.74) is 1.47. The molecule has 0 aliphatic rings. The molecule has 7 nitrogen and oxygen atoms in total. The van der Waals surface area contributed by atoms with Crippen molar-refractivity contribution in [3.8, 4) is 0 Å². The summed E-state index contributed by atoms with van der Waals surface area (Å²) in [5, 5.41) is 12.9. The summed E-state index contributed by atoms with van der Waals surface area (Å²) in [6, 6.07) is 14.2. The number of nitrogens with zero attached hydrogens (tertiary/aromatic N) is 3. The Morgan fingerprint density at radius 2 is 1.83 bits per heavy atom. The Bertz CT molecular complexity index is 865. The van der Waals surface area contributed by atoms with Gasteiger partial charge in [0.25, 0.3) is 0 Å². The first-order valence-corrected chi connectivity index (χ1v) is 8.11. The summed E-state index contributed by atoms with van der Waals surface area (Å²) in [5.74, 6) is -0.418. The fraction of sp³-hybridized carbons (Fsp3) is 0.125. The summed E-state index contributed by atoms with van der Waals surface area (Å²) in [6.45, 7) is 0. The van der Waals surface area contributed by atoms with Crippen molar-refractivity contribution >= 4 is 29.3 Å². The Hall–Kier alpha value is -2.87. The number of imide groups is 1. The number of urea groups is 1. The van der Waals surface area contributed by atoms with E-state index in [1.807, 2.05) is 54.7 Å². The number of nitrogens with one attached hydrogen (secondary N) is 2. The molecule has 8 heteroatoms. The maximum atomic E-state index is 12.5. The molecule has 122 valence electrons. The first-order chi connectivity index (χ1) is 11.7. The molecule has 24 heavy (non-hydrogen) atoms. The topological polar surface area (TPSA) is 88.4 Å². The number of aromatic nitrogens is 3. The number of fused-ring (bicyclic) bond motifs is 1. The highest BCUT2D eigenvalue weighted by Crippen LogP contribution is 2.34. The lowest BCUT2D eigenvalue weighted by Gasteiger charge is -2.15. The average molecular weight is 341 g/mol. The molecular weight excluding hydrogens is 326 g/mol. The molecule has 0 fully saturated rings. The molecule has 3 aromatic rings. The first-order valence-electron chi connectivity index (χ1n) is 7.23. The van der Waals surface area contributed by atoms with Crippen LogP contribution in [0.4, 0.5) is 4.79 Å². The van der Waals surface area contributed by atoms with E-state index in [2.05, 4.69) is 20.8 Å². The SMILES string of the molecule is CNC(=O)NC(=O)[C@H](Sc1nnc2ccccn12)c1ccccc1. The lowest BCUT2D eigenvalue weighted by molar-refractivity contribution is -0.119. The lowest BCUT2D eigenvalue weighted by Crippen LogP contribution is -2.39. The minimum Gasteiger partial charge on any atom is -0.341 e. The van der Waals surface area contributed by atoms with Gasteiger partial charge in [0, 0.05) is 13.2 Å². The van der Waals surface area contributed by atoms with Gasteiger partial charge < -0.3 is 5.32 Å². The second-order valence-corrected chi connectivity index (χ2v) is 5.96. The summed E-state index contributed by atoms with van der Waals surface area (Å²) in [7, 11) is 1.46. The predicted octanol–water partition coefficient (Wildman–Crippen LogP) is 2.02. The molecule has 2 N–H and O–H groups in total. The molecule has 0 radical (unpaired) electrons. The molecule has 0 saturated heterocycles. The number of benzene rings is 1. The van der Waals surface area contributed by atoms with Crippen molar-refractivity contribution in [3.05, 3.63) is 60.3 Å². The number of pyridine rings is 1. The van der Waals surface area contributed by atoms with Crippen LogP contribution in [0.5, 0.6) is 0 Å². The lowest BCUT2D eigenvalue weighted by atomic mass is 10.1. The van der Waals surface area contributed by atoms with E-state index in [1.54, 1.807) is 4.40 Å². The summed E-state index contributed by atoms with van der Waals surface area (Å²) < 4.78 is 1.80. The molecule has 2 heterocycles. The van der Waals surface area contributed by atoms with E-state index >= 15 is 0 Å². The van der Waals surface area contributed by atoms with Gasteiger partial charge in [-0.05, 0) is 17.7 Å². The van der Waals surface area contributed by atoms with E-state index < -0.39 is 17.2 Å². The predicted molar refractivity (Wildman–Crippen MR) is 90.6 cm³/mol. The Morgan fingerprint density at radius 1 is 1.08 bits per heavy atom. The van der Waals surface area contributed by atoms with Gasteiger partial charge in [-0.3, -0.25) is 14.5 Å². The second-order valence-electron chi connectivity index (χ2n) is 4.89. The standard InChI is InChI=1S/C16H15N5O2S/c1-17-15(23)18-14(22)13(11-7-3-2-4-8-11)24-16-20-19-12-9-5-6-10-21(12)16/h2-10,13H,1H3,(H2,17,18,22,23)/t13-/m1/s1. The molecule has 0 bridgehead atoms. The third-order valence-corrected chi connectivity index (χ3v) is 4.52. The van der Waals surface area contributed by atoms with E-state index in [0.717, 1.165) is 5.56 Å². The average Bonchev–Trinajstić information content (AvgIpc) is 3.03. The maximum absolute atomic E-state index is 12.5. The molecule has 0 aliphatic heterocycles. The van der Waals surface area contributed by atoms with E-state index in [1.165, 1.54) is 18.8 Å². The number of thioether (sulfide) groups is 1. The van der Waals surface area contributed by atoms with Gasteiger partial charge >= 0.3 is 6.03 Å². The van der Waals surface area contributed by atoms with Crippen molar-refractivity contribution in [1.82, 2.24) is 25.2 Å². The molecule has 3 amide bonds. The molecule has 0 aliphatic carbocycles. The Kier molecular flexibility index (Phi) is 4.76. The molecule has 3 rings (SSSR count). The molecule has 0 saturated carbocycles. The molecule has 0 spiro atoms. The number of carbonyl (C=O) groups excluding carboxylic acids is 2. The van der Waals surface area contributed by atoms with Gasteiger partial charge in [0.15, 0.2) is 10.8 Å². The molecular formula is C16H15N5O2S. The molecule has 2 aromatic heterocycles. The fourth-order valence-corrected chi connectivity index (χ4v) is 3.17. The highest BCUT2D eigenvalue weighted by molar-refractivity contribution is 8.00. The molecule has 1 atom stereocenters. The normalized spacial score (nSPS) is 11.9. The van der Waals surface area contributed by atoms with E-state index in [0.29, 0.717) is 10.8 Å². The van der Waals surface area contributed by atoms with Gasteiger partial charge in [-0.25, -0.2) is 4.79 Å². The first kappa shape index (κ1) is 16.0.